The highest BCUT2D eigenvalue weighted by Crippen LogP contribution is 2.36. The number of anilines is 1. The first-order chi connectivity index (χ1) is 10.8. The third kappa shape index (κ3) is 2.75. The molecule has 1 nitrogen and oxygen atoms in total. The van der Waals surface area contributed by atoms with Gasteiger partial charge < -0.3 is 5.73 Å². The van der Waals surface area contributed by atoms with Gasteiger partial charge in [0.05, 0.1) is 0 Å². The van der Waals surface area contributed by atoms with Crippen LogP contribution in [0, 0.1) is 0 Å². The van der Waals surface area contributed by atoms with Crippen molar-refractivity contribution in [2.45, 2.75) is 19.3 Å². The number of aryl methyl sites for hydroxylation is 1. The van der Waals surface area contributed by atoms with Gasteiger partial charge in [-0.1, -0.05) is 85.8 Å². The van der Waals surface area contributed by atoms with Crippen LogP contribution in [-0.2, 0) is 6.42 Å². The maximum atomic E-state index is 6.47. The van der Waals surface area contributed by atoms with Crippen LogP contribution in [0.5, 0.6) is 0 Å². The molecule has 3 aromatic rings. The summed E-state index contributed by atoms with van der Waals surface area (Å²) in [6.07, 6.45) is 0.954. The van der Waals surface area contributed by atoms with E-state index in [0.717, 1.165) is 12.1 Å². The van der Waals surface area contributed by atoms with Gasteiger partial charge in [-0.2, -0.15) is 0 Å². The summed E-state index contributed by atoms with van der Waals surface area (Å²) in [5, 5.41) is 0. The number of para-hydroxylation sites is 1. The van der Waals surface area contributed by atoms with Gasteiger partial charge in [0.25, 0.3) is 0 Å². The summed E-state index contributed by atoms with van der Waals surface area (Å²) >= 11 is 0. The summed E-state index contributed by atoms with van der Waals surface area (Å²) in [6, 6.07) is 27.5. The molecule has 0 heterocycles. The summed E-state index contributed by atoms with van der Waals surface area (Å²) in [5.74, 6) is 0.175. The van der Waals surface area contributed by atoms with Crippen molar-refractivity contribution in [3.8, 4) is 0 Å². The lowest BCUT2D eigenvalue weighted by Crippen LogP contribution is -2.08. The topological polar surface area (TPSA) is 26.0 Å². The van der Waals surface area contributed by atoms with Gasteiger partial charge in [0.2, 0.25) is 0 Å². The second-order valence-electron chi connectivity index (χ2n) is 5.53. The van der Waals surface area contributed by atoms with E-state index in [9.17, 15) is 0 Å². The van der Waals surface area contributed by atoms with Crippen LogP contribution in [0.4, 0.5) is 5.69 Å². The minimum Gasteiger partial charge on any atom is -0.398 e. The fourth-order valence-corrected chi connectivity index (χ4v) is 3.04. The molecule has 2 N–H and O–H groups in total. The van der Waals surface area contributed by atoms with Gasteiger partial charge in [-0.3, -0.25) is 0 Å². The smallest absolute Gasteiger partial charge is 0.0388 e. The van der Waals surface area contributed by atoms with Gasteiger partial charge >= 0.3 is 0 Å². The van der Waals surface area contributed by atoms with Crippen LogP contribution in [-0.4, -0.2) is 0 Å². The Morgan fingerprint density at radius 1 is 0.727 bits per heavy atom. The zero-order valence-corrected chi connectivity index (χ0v) is 12.9. The van der Waals surface area contributed by atoms with Crippen LogP contribution >= 0.6 is 0 Å². The lowest BCUT2D eigenvalue weighted by molar-refractivity contribution is 0.972. The molecule has 3 aromatic carbocycles. The molecule has 0 aromatic heterocycles. The minimum absolute atomic E-state index is 0.175. The summed E-state index contributed by atoms with van der Waals surface area (Å²) in [7, 11) is 0. The van der Waals surface area contributed by atoms with Crippen LogP contribution in [0.1, 0.15) is 35.1 Å². The Morgan fingerprint density at radius 3 is 1.77 bits per heavy atom. The van der Waals surface area contributed by atoms with Crippen LogP contribution < -0.4 is 5.73 Å². The highest BCUT2D eigenvalue weighted by molar-refractivity contribution is 5.60. The monoisotopic (exact) mass is 287 g/mol. The summed E-state index contributed by atoms with van der Waals surface area (Å²) in [5.41, 5.74) is 12.3. The number of hydrogen-bond donors (Lipinski definition) is 1. The molecule has 0 aliphatic heterocycles. The zero-order chi connectivity index (χ0) is 15.4. The highest BCUT2D eigenvalue weighted by atomic mass is 14.6. The Kier molecular flexibility index (Phi) is 4.24. The van der Waals surface area contributed by atoms with Crippen molar-refractivity contribution >= 4 is 5.69 Å². The molecule has 0 unspecified atom stereocenters. The van der Waals surface area contributed by atoms with E-state index < -0.39 is 0 Å². The van der Waals surface area contributed by atoms with Crippen molar-refractivity contribution in [1.82, 2.24) is 0 Å². The SMILES string of the molecule is CCc1cccc(C(c2ccccc2)c2ccccc2)c1N. The zero-order valence-electron chi connectivity index (χ0n) is 12.9. The molecule has 0 fully saturated rings. The van der Waals surface area contributed by atoms with E-state index in [1.54, 1.807) is 0 Å². The first-order valence-corrected chi connectivity index (χ1v) is 7.78. The molecule has 22 heavy (non-hydrogen) atoms. The predicted octanol–water partition coefficient (Wildman–Crippen LogP) is 5.01. The molecule has 0 aliphatic rings. The van der Waals surface area contributed by atoms with E-state index >= 15 is 0 Å². The number of hydrogen-bond acceptors (Lipinski definition) is 1. The summed E-state index contributed by atoms with van der Waals surface area (Å²) < 4.78 is 0. The van der Waals surface area contributed by atoms with E-state index in [2.05, 4.69) is 85.8 Å². The van der Waals surface area contributed by atoms with Crippen molar-refractivity contribution in [3.05, 3.63) is 101 Å². The van der Waals surface area contributed by atoms with Crippen molar-refractivity contribution in [3.63, 3.8) is 0 Å². The molecule has 0 radical (unpaired) electrons. The van der Waals surface area contributed by atoms with Gasteiger partial charge in [0.15, 0.2) is 0 Å². The Morgan fingerprint density at radius 2 is 1.27 bits per heavy atom. The van der Waals surface area contributed by atoms with Crippen LogP contribution in [0.3, 0.4) is 0 Å². The maximum absolute atomic E-state index is 6.47. The minimum atomic E-state index is 0.175. The molecule has 0 spiro atoms. The predicted molar refractivity (Wildman–Crippen MR) is 94.1 cm³/mol. The largest absolute Gasteiger partial charge is 0.398 e. The normalized spacial score (nSPS) is 10.8. The highest BCUT2D eigenvalue weighted by Gasteiger charge is 2.19. The van der Waals surface area contributed by atoms with E-state index in [1.807, 2.05) is 0 Å². The number of benzene rings is 3. The van der Waals surface area contributed by atoms with E-state index in [0.29, 0.717) is 0 Å². The Bertz CT molecular complexity index is 693. The van der Waals surface area contributed by atoms with Gasteiger partial charge in [0, 0.05) is 11.6 Å². The first kappa shape index (κ1) is 14.4. The summed E-state index contributed by atoms with van der Waals surface area (Å²) in [6.45, 7) is 2.15. The maximum Gasteiger partial charge on any atom is 0.0388 e. The van der Waals surface area contributed by atoms with E-state index in [4.69, 9.17) is 5.73 Å². The molecule has 0 saturated heterocycles. The first-order valence-electron chi connectivity index (χ1n) is 7.78. The van der Waals surface area contributed by atoms with Gasteiger partial charge in [-0.25, -0.2) is 0 Å². The number of nitrogen functional groups attached to an aromatic ring is 1. The average Bonchev–Trinajstić information content (AvgIpc) is 2.59. The van der Waals surface area contributed by atoms with Gasteiger partial charge in [-0.15, -0.1) is 0 Å². The molecular weight excluding hydrogens is 266 g/mol. The number of rotatable bonds is 4. The van der Waals surface area contributed by atoms with Crippen LogP contribution in [0.15, 0.2) is 78.9 Å². The lowest BCUT2D eigenvalue weighted by atomic mass is 9.83. The second kappa shape index (κ2) is 6.48. The fraction of sp³-hybridized carbons (Fsp3) is 0.143. The van der Waals surface area contributed by atoms with Crippen molar-refractivity contribution in [2.75, 3.05) is 5.73 Å². The second-order valence-corrected chi connectivity index (χ2v) is 5.53. The average molecular weight is 287 g/mol. The molecule has 3 rings (SSSR count). The third-order valence-electron chi connectivity index (χ3n) is 4.19. The quantitative estimate of drug-likeness (QED) is 0.529. The summed E-state index contributed by atoms with van der Waals surface area (Å²) in [4.78, 5) is 0. The van der Waals surface area contributed by atoms with Gasteiger partial charge in [0.1, 0.15) is 0 Å². The molecule has 0 saturated carbocycles. The molecule has 0 amide bonds. The molecule has 1 heteroatoms. The Balaban J connectivity index is 2.19. The molecule has 0 aliphatic carbocycles. The standard InChI is InChI=1S/C21H21N/c1-2-16-14-9-15-19(21(16)22)20(17-10-5-3-6-11-17)18-12-7-4-8-13-18/h3-15,20H,2,22H2,1H3. The van der Waals surface area contributed by atoms with Crippen molar-refractivity contribution < 1.29 is 0 Å². The molecule has 110 valence electrons. The lowest BCUT2D eigenvalue weighted by Gasteiger charge is -2.22. The van der Waals surface area contributed by atoms with Crippen LogP contribution in [0.2, 0.25) is 0 Å². The number of nitrogens with two attached hydrogens (primary N) is 1. The molecular formula is C21H21N. The Hall–Kier alpha value is -2.54. The molecule has 0 atom stereocenters. The van der Waals surface area contributed by atoms with Gasteiger partial charge in [-0.05, 0) is 28.7 Å². The Labute approximate surface area is 132 Å². The van der Waals surface area contributed by atoms with Crippen molar-refractivity contribution in [1.29, 1.82) is 0 Å². The molecule has 0 bridgehead atoms. The van der Waals surface area contributed by atoms with Crippen molar-refractivity contribution in [2.24, 2.45) is 0 Å². The van der Waals surface area contributed by atoms with E-state index in [1.165, 1.54) is 22.3 Å². The van der Waals surface area contributed by atoms with E-state index in [-0.39, 0.29) is 5.92 Å². The third-order valence-corrected chi connectivity index (χ3v) is 4.19. The fourth-order valence-electron chi connectivity index (χ4n) is 3.04. The van der Waals surface area contributed by atoms with Crippen LogP contribution in [0.25, 0.3) is 0 Å².